The van der Waals surface area contributed by atoms with Crippen molar-refractivity contribution < 1.29 is 22.4 Å². The predicted octanol–water partition coefficient (Wildman–Crippen LogP) is 7.61. The lowest BCUT2D eigenvalue weighted by Gasteiger charge is -2.13. The number of hydrogen-bond donors (Lipinski definition) is 1. The minimum absolute atomic E-state index is 0.0548. The molecule has 0 unspecified atom stereocenters. The van der Waals surface area contributed by atoms with E-state index in [2.05, 4.69) is 15.5 Å². The molecule has 0 bridgehead atoms. The first-order valence-corrected chi connectivity index (χ1v) is 12.6. The molecular weight excluding hydrogens is 575 g/mol. The minimum atomic E-state index is -4.47. The fraction of sp³-hybridized carbons (Fsp3) is 0.125. The molecule has 0 radical (unpaired) electrons. The molecule has 0 aliphatic rings. The van der Waals surface area contributed by atoms with Crippen LogP contribution in [0.4, 0.5) is 17.6 Å². The van der Waals surface area contributed by atoms with Crippen LogP contribution in [0.3, 0.4) is 0 Å². The number of aromatic nitrogens is 3. The Morgan fingerprint density at radius 2 is 1.70 bits per heavy atom. The number of benzene rings is 3. The van der Waals surface area contributed by atoms with Crippen LogP contribution in [-0.2, 0) is 18.5 Å². The highest BCUT2D eigenvalue weighted by Gasteiger charge is 2.30. The monoisotopic (exact) mass is 588 g/mol. The fourth-order valence-corrected chi connectivity index (χ4v) is 4.79. The Kier molecular flexibility index (Phi) is 8.33. The third-order valence-corrected chi connectivity index (χ3v) is 7.13. The molecule has 5 nitrogen and oxygen atoms in total. The van der Waals surface area contributed by atoms with Crippen LogP contribution in [0.5, 0.6) is 0 Å². The van der Waals surface area contributed by atoms with Crippen LogP contribution in [0.2, 0.25) is 15.1 Å². The van der Waals surface area contributed by atoms with Gasteiger partial charge in [-0.2, -0.15) is 13.2 Å². The van der Waals surface area contributed by atoms with Gasteiger partial charge in [-0.05, 0) is 42.0 Å². The van der Waals surface area contributed by atoms with Crippen molar-refractivity contribution in [1.82, 2.24) is 20.1 Å². The van der Waals surface area contributed by atoms with Crippen LogP contribution in [0.1, 0.15) is 27.3 Å². The van der Waals surface area contributed by atoms with Gasteiger partial charge in [0.15, 0.2) is 11.0 Å². The number of hydrogen-bond acceptors (Lipinski definition) is 4. The topological polar surface area (TPSA) is 59.8 Å². The molecule has 0 fully saturated rings. The molecule has 1 N–H and O–H groups in total. The molecule has 13 heteroatoms. The van der Waals surface area contributed by atoms with Crippen LogP contribution in [0.15, 0.2) is 65.8 Å². The lowest BCUT2D eigenvalue weighted by molar-refractivity contribution is -0.137. The van der Waals surface area contributed by atoms with Gasteiger partial charge in [-0.1, -0.05) is 70.8 Å². The smallest absolute Gasteiger partial charge is 0.345 e. The summed E-state index contributed by atoms with van der Waals surface area (Å²) in [4.78, 5) is 12.6. The molecule has 0 spiro atoms. The van der Waals surface area contributed by atoms with E-state index < -0.39 is 23.5 Å². The van der Waals surface area contributed by atoms with Crippen molar-refractivity contribution in [2.24, 2.45) is 0 Å². The second-order valence-electron chi connectivity index (χ2n) is 7.60. The molecule has 3 aromatic carbocycles. The van der Waals surface area contributed by atoms with Crippen molar-refractivity contribution in [3.63, 3.8) is 0 Å². The Morgan fingerprint density at radius 1 is 0.946 bits per heavy atom. The van der Waals surface area contributed by atoms with Crippen molar-refractivity contribution in [2.75, 3.05) is 0 Å². The second-order valence-corrected chi connectivity index (χ2v) is 9.76. The quantitative estimate of drug-likeness (QED) is 0.178. The zero-order valence-electron chi connectivity index (χ0n) is 18.5. The van der Waals surface area contributed by atoms with E-state index in [9.17, 15) is 22.4 Å². The van der Waals surface area contributed by atoms with E-state index in [-0.39, 0.29) is 33.7 Å². The molecule has 1 amide bonds. The van der Waals surface area contributed by atoms with Crippen molar-refractivity contribution in [1.29, 1.82) is 0 Å². The lowest BCUT2D eigenvalue weighted by Crippen LogP contribution is -2.26. The second kappa shape index (κ2) is 11.3. The summed E-state index contributed by atoms with van der Waals surface area (Å²) >= 11 is 19.3. The van der Waals surface area contributed by atoms with Gasteiger partial charge in [0.2, 0.25) is 0 Å². The maximum atomic E-state index is 14.1. The zero-order chi connectivity index (χ0) is 26.7. The summed E-state index contributed by atoms with van der Waals surface area (Å²) in [6.07, 6.45) is -4.47. The number of amides is 1. The van der Waals surface area contributed by atoms with E-state index in [1.54, 1.807) is 28.8 Å². The van der Waals surface area contributed by atoms with Gasteiger partial charge in [-0.25, -0.2) is 4.39 Å². The third-order valence-electron chi connectivity index (χ3n) is 5.08. The summed E-state index contributed by atoms with van der Waals surface area (Å²) < 4.78 is 55.0. The average Bonchev–Trinajstić information content (AvgIpc) is 3.25. The third kappa shape index (κ3) is 6.38. The molecular formula is C24H15Cl3F4N4OS. The number of carbonyl (C=O) groups excluding carboxylic acids is 1. The number of rotatable bonds is 7. The summed E-state index contributed by atoms with van der Waals surface area (Å²) in [6.45, 7) is -0.166. The first-order valence-electron chi connectivity index (χ1n) is 10.5. The predicted molar refractivity (Wildman–Crippen MR) is 135 cm³/mol. The van der Waals surface area contributed by atoms with E-state index in [1.807, 2.05) is 0 Å². The maximum Gasteiger partial charge on any atom is 0.416 e. The average molecular weight is 590 g/mol. The van der Waals surface area contributed by atoms with Crippen molar-refractivity contribution >= 4 is 52.5 Å². The molecule has 4 aromatic rings. The normalized spacial score (nSPS) is 11.5. The first kappa shape index (κ1) is 27.3. The first-order chi connectivity index (χ1) is 17.5. The molecule has 0 saturated carbocycles. The highest BCUT2D eigenvalue weighted by Crippen LogP contribution is 2.32. The van der Waals surface area contributed by atoms with Gasteiger partial charge in [0.05, 0.1) is 38.4 Å². The lowest BCUT2D eigenvalue weighted by atomic mass is 10.1. The van der Waals surface area contributed by atoms with Crippen molar-refractivity contribution in [2.45, 2.75) is 23.6 Å². The summed E-state index contributed by atoms with van der Waals surface area (Å²) in [6, 6.07) is 13.6. The largest absolute Gasteiger partial charge is 0.416 e. The molecule has 1 heterocycles. The van der Waals surface area contributed by atoms with Gasteiger partial charge >= 0.3 is 6.18 Å². The number of nitrogens with zero attached hydrogens (tertiary/aromatic N) is 3. The van der Waals surface area contributed by atoms with Crippen LogP contribution >= 0.6 is 46.6 Å². The molecule has 4 rings (SSSR count). The number of alkyl halides is 3. The van der Waals surface area contributed by atoms with Crippen LogP contribution in [-0.4, -0.2) is 20.7 Å². The van der Waals surface area contributed by atoms with E-state index in [0.29, 0.717) is 21.4 Å². The Balaban J connectivity index is 1.62. The maximum absolute atomic E-state index is 14.1. The van der Waals surface area contributed by atoms with Crippen LogP contribution < -0.4 is 5.32 Å². The highest BCUT2D eigenvalue weighted by atomic mass is 35.5. The molecule has 192 valence electrons. The van der Waals surface area contributed by atoms with Gasteiger partial charge in [-0.3, -0.25) is 9.36 Å². The Labute approximate surface area is 227 Å². The molecule has 0 aliphatic heterocycles. The Bertz CT molecular complexity index is 1440. The molecule has 1 aromatic heterocycles. The summed E-state index contributed by atoms with van der Waals surface area (Å²) in [5.74, 6) is -1.13. The number of carbonyl (C=O) groups is 1. The SMILES string of the molecule is O=C(NCc1nnc(SCc2cccc(C(F)(F)F)c2)n1-c1ccc(Cl)c(Cl)c1)c1c(F)cccc1Cl. The molecule has 0 aliphatic carbocycles. The Morgan fingerprint density at radius 3 is 2.41 bits per heavy atom. The van der Waals surface area contributed by atoms with Crippen molar-refractivity contribution in [3.8, 4) is 5.69 Å². The van der Waals surface area contributed by atoms with Gasteiger partial charge in [-0.15, -0.1) is 10.2 Å². The molecule has 0 atom stereocenters. The summed E-state index contributed by atoms with van der Waals surface area (Å²) in [5, 5.41) is 11.6. The van der Waals surface area contributed by atoms with E-state index >= 15 is 0 Å². The highest BCUT2D eigenvalue weighted by molar-refractivity contribution is 7.98. The Hall–Kier alpha value is -2.79. The number of nitrogens with one attached hydrogen (secondary N) is 1. The van der Waals surface area contributed by atoms with Gasteiger partial charge in [0.25, 0.3) is 5.91 Å². The van der Waals surface area contributed by atoms with E-state index in [4.69, 9.17) is 34.8 Å². The minimum Gasteiger partial charge on any atom is -0.345 e. The van der Waals surface area contributed by atoms with Gasteiger partial charge < -0.3 is 5.32 Å². The zero-order valence-corrected chi connectivity index (χ0v) is 21.6. The molecule has 0 saturated heterocycles. The summed E-state index contributed by atoms with van der Waals surface area (Å²) in [5.41, 5.74) is -0.151. The van der Waals surface area contributed by atoms with Gasteiger partial charge in [0.1, 0.15) is 5.82 Å². The van der Waals surface area contributed by atoms with Crippen molar-refractivity contribution in [3.05, 3.63) is 104 Å². The standard InChI is InChI=1S/C24H15Cl3F4N4OS/c25-16-8-7-15(10-18(16)27)35-20(11-32-22(36)21-17(26)5-2-6-19(21)28)33-34-23(35)37-12-13-3-1-4-14(9-13)24(29,30)31/h1-10H,11-12H2,(H,32,36). The summed E-state index contributed by atoms with van der Waals surface area (Å²) in [7, 11) is 0. The number of halogens is 7. The van der Waals surface area contributed by atoms with Crippen LogP contribution in [0.25, 0.3) is 5.69 Å². The number of thioether (sulfide) groups is 1. The van der Waals surface area contributed by atoms with Gasteiger partial charge in [0, 0.05) is 5.75 Å². The van der Waals surface area contributed by atoms with E-state index in [1.165, 1.54) is 18.2 Å². The fourth-order valence-electron chi connectivity index (χ4n) is 3.34. The van der Waals surface area contributed by atoms with E-state index in [0.717, 1.165) is 30.0 Å². The van der Waals surface area contributed by atoms with Crippen LogP contribution in [0, 0.1) is 5.82 Å². The molecule has 37 heavy (non-hydrogen) atoms.